The second-order valence-corrected chi connectivity index (χ2v) is 6.33. The van der Waals surface area contributed by atoms with E-state index in [9.17, 15) is 4.79 Å². The minimum atomic E-state index is -0.226. The maximum atomic E-state index is 11.6. The van der Waals surface area contributed by atoms with Gasteiger partial charge in [0.15, 0.2) is 0 Å². The van der Waals surface area contributed by atoms with Crippen molar-refractivity contribution in [1.29, 1.82) is 0 Å². The number of nitrogens with zero attached hydrogens (tertiary/aromatic N) is 1. The van der Waals surface area contributed by atoms with Crippen molar-refractivity contribution >= 4 is 5.97 Å². The minimum absolute atomic E-state index is 0.226. The van der Waals surface area contributed by atoms with Crippen LogP contribution in [0.2, 0.25) is 0 Å². The molecule has 0 aromatic heterocycles. The fourth-order valence-corrected chi connectivity index (χ4v) is 4.09. The Labute approximate surface area is 117 Å². The van der Waals surface area contributed by atoms with E-state index in [-0.39, 0.29) is 5.97 Å². The number of esters is 1. The van der Waals surface area contributed by atoms with Crippen LogP contribution in [0.25, 0.3) is 0 Å². The maximum absolute atomic E-state index is 11.6. The summed E-state index contributed by atoms with van der Waals surface area (Å²) in [7, 11) is 0. The lowest BCUT2D eigenvalue weighted by Gasteiger charge is -2.53. The second kappa shape index (κ2) is 6.08. The molecule has 3 heteroatoms. The van der Waals surface area contributed by atoms with E-state index in [0.717, 1.165) is 0 Å². The molecule has 19 heavy (non-hydrogen) atoms. The SMILES string of the molecule is C=C(C)C(=O)OC[C@@H]1CCC[N+]2(CC)CCCC[C@H]12. The Bertz CT molecular complexity index is 349. The molecule has 2 rings (SSSR count). The highest BCUT2D eigenvalue weighted by Crippen LogP contribution is 2.37. The number of fused-ring (bicyclic) bond motifs is 1. The highest BCUT2D eigenvalue weighted by molar-refractivity contribution is 5.86. The summed E-state index contributed by atoms with van der Waals surface area (Å²) in [4.78, 5) is 11.6. The Morgan fingerprint density at radius 3 is 2.68 bits per heavy atom. The monoisotopic (exact) mass is 266 g/mol. The van der Waals surface area contributed by atoms with Crippen molar-refractivity contribution in [2.45, 2.75) is 52.0 Å². The summed E-state index contributed by atoms with van der Waals surface area (Å²) in [5, 5.41) is 0. The highest BCUT2D eigenvalue weighted by atomic mass is 16.5. The number of rotatable bonds is 4. The first-order valence-electron chi connectivity index (χ1n) is 7.77. The van der Waals surface area contributed by atoms with Gasteiger partial charge in [-0.25, -0.2) is 4.79 Å². The van der Waals surface area contributed by atoms with Gasteiger partial charge >= 0.3 is 5.97 Å². The summed E-state index contributed by atoms with van der Waals surface area (Å²) in [6, 6.07) is 0.713. The summed E-state index contributed by atoms with van der Waals surface area (Å²) in [5.41, 5.74) is 0.510. The quantitative estimate of drug-likeness (QED) is 0.444. The lowest BCUT2D eigenvalue weighted by molar-refractivity contribution is -0.962. The molecule has 0 aromatic carbocycles. The van der Waals surface area contributed by atoms with Gasteiger partial charge in [-0.2, -0.15) is 0 Å². The van der Waals surface area contributed by atoms with Crippen molar-refractivity contribution in [3.05, 3.63) is 12.2 Å². The first-order chi connectivity index (χ1) is 9.09. The van der Waals surface area contributed by atoms with Crippen LogP contribution in [0.1, 0.15) is 46.0 Å². The number of hydrogen-bond donors (Lipinski definition) is 0. The van der Waals surface area contributed by atoms with Gasteiger partial charge in [0, 0.05) is 17.9 Å². The Hall–Kier alpha value is -0.830. The van der Waals surface area contributed by atoms with E-state index in [1.165, 1.54) is 56.2 Å². The van der Waals surface area contributed by atoms with E-state index >= 15 is 0 Å². The zero-order valence-electron chi connectivity index (χ0n) is 12.5. The summed E-state index contributed by atoms with van der Waals surface area (Å²) >= 11 is 0. The molecule has 2 saturated heterocycles. The summed E-state index contributed by atoms with van der Waals surface area (Å²) in [6.07, 6.45) is 6.51. The van der Waals surface area contributed by atoms with E-state index in [2.05, 4.69) is 13.5 Å². The van der Waals surface area contributed by atoms with E-state index < -0.39 is 0 Å². The third kappa shape index (κ3) is 3.02. The number of ether oxygens (including phenoxy) is 1. The number of hydrogen-bond acceptors (Lipinski definition) is 2. The van der Waals surface area contributed by atoms with Crippen molar-refractivity contribution in [2.75, 3.05) is 26.2 Å². The van der Waals surface area contributed by atoms with Gasteiger partial charge in [0.25, 0.3) is 0 Å². The molecule has 0 radical (unpaired) electrons. The smallest absolute Gasteiger partial charge is 0.333 e. The van der Waals surface area contributed by atoms with Crippen molar-refractivity contribution < 1.29 is 14.0 Å². The molecule has 0 aliphatic carbocycles. The van der Waals surface area contributed by atoms with Gasteiger partial charge in [-0.05, 0) is 39.5 Å². The summed E-state index contributed by atoms with van der Waals surface area (Å²) in [6.45, 7) is 12.2. The third-order valence-corrected chi connectivity index (χ3v) is 5.19. The standard InChI is InChI=1S/C16H28NO2/c1-4-17-10-6-5-9-15(17)14(8-7-11-17)12-19-16(18)13(2)3/h14-15H,2,4-12H2,1,3H3/q+1/t14-,15+,17?/m0/s1. The largest absolute Gasteiger partial charge is 0.462 e. The minimum Gasteiger partial charge on any atom is -0.462 e. The molecule has 108 valence electrons. The van der Waals surface area contributed by atoms with Crippen LogP contribution in [-0.4, -0.2) is 42.7 Å². The zero-order chi connectivity index (χ0) is 13.9. The van der Waals surface area contributed by atoms with Crippen LogP contribution in [0.15, 0.2) is 12.2 Å². The average Bonchev–Trinajstić information content (AvgIpc) is 2.44. The third-order valence-electron chi connectivity index (χ3n) is 5.19. The van der Waals surface area contributed by atoms with Crippen molar-refractivity contribution in [3.63, 3.8) is 0 Å². The van der Waals surface area contributed by atoms with Gasteiger partial charge < -0.3 is 9.22 Å². The molecule has 2 aliphatic heterocycles. The molecule has 0 amide bonds. The molecule has 0 spiro atoms. The molecule has 0 saturated carbocycles. The zero-order valence-corrected chi connectivity index (χ0v) is 12.5. The predicted octanol–water partition coefficient (Wildman–Crippen LogP) is 2.90. The molecule has 2 aliphatic rings. The van der Waals surface area contributed by atoms with Crippen LogP contribution >= 0.6 is 0 Å². The Morgan fingerprint density at radius 2 is 2.00 bits per heavy atom. The van der Waals surface area contributed by atoms with Crippen LogP contribution in [0.4, 0.5) is 0 Å². The summed E-state index contributed by atoms with van der Waals surface area (Å²) in [5.74, 6) is 0.327. The lowest BCUT2D eigenvalue weighted by atomic mass is 9.81. The molecular formula is C16H28NO2+. The van der Waals surface area contributed by atoms with Crippen LogP contribution in [0.3, 0.4) is 0 Å². The lowest BCUT2D eigenvalue weighted by Crippen LogP contribution is -2.63. The Kier molecular flexibility index (Phi) is 4.67. The van der Waals surface area contributed by atoms with Crippen molar-refractivity contribution in [3.8, 4) is 0 Å². The number of piperidine rings is 2. The molecular weight excluding hydrogens is 238 g/mol. The van der Waals surface area contributed by atoms with Crippen LogP contribution in [0.5, 0.6) is 0 Å². The number of carbonyl (C=O) groups is 1. The van der Waals surface area contributed by atoms with Gasteiger partial charge in [0.05, 0.1) is 25.7 Å². The summed E-state index contributed by atoms with van der Waals surface area (Å²) < 4.78 is 6.71. The molecule has 1 unspecified atom stereocenters. The topological polar surface area (TPSA) is 26.3 Å². The average molecular weight is 266 g/mol. The first-order valence-corrected chi connectivity index (χ1v) is 7.77. The highest BCUT2D eigenvalue weighted by Gasteiger charge is 2.45. The van der Waals surface area contributed by atoms with Gasteiger partial charge in [-0.1, -0.05) is 6.58 Å². The molecule has 0 N–H and O–H groups in total. The number of quaternary nitrogens is 1. The molecule has 3 atom stereocenters. The number of carbonyl (C=O) groups excluding carboxylic acids is 1. The first kappa shape index (κ1) is 14.6. The van der Waals surface area contributed by atoms with Crippen LogP contribution < -0.4 is 0 Å². The van der Waals surface area contributed by atoms with Crippen molar-refractivity contribution in [2.24, 2.45) is 5.92 Å². The Morgan fingerprint density at radius 1 is 1.26 bits per heavy atom. The van der Waals surface area contributed by atoms with Gasteiger partial charge in [0.1, 0.15) is 6.61 Å². The normalized spacial score (nSPS) is 34.4. The molecule has 3 nitrogen and oxygen atoms in total. The molecule has 0 bridgehead atoms. The van der Waals surface area contributed by atoms with Crippen LogP contribution in [-0.2, 0) is 9.53 Å². The fraction of sp³-hybridized carbons (Fsp3) is 0.812. The Balaban J connectivity index is 2.00. The van der Waals surface area contributed by atoms with Crippen molar-refractivity contribution in [1.82, 2.24) is 0 Å². The molecule has 2 heterocycles. The van der Waals surface area contributed by atoms with Gasteiger partial charge in [0.2, 0.25) is 0 Å². The second-order valence-electron chi connectivity index (χ2n) is 6.33. The molecule has 0 aromatic rings. The van der Waals surface area contributed by atoms with Crippen LogP contribution in [0, 0.1) is 5.92 Å². The van der Waals surface area contributed by atoms with E-state index in [4.69, 9.17) is 4.74 Å². The molecule has 2 fully saturated rings. The van der Waals surface area contributed by atoms with E-state index in [0.29, 0.717) is 24.1 Å². The maximum Gasteiger partial charge on any atom is 0.333 e. The van der Waals surface area contributed by atoms with Gasteiger partial charge in [-0.3, -0.25) is 0 Å². The predicted molar refractivity (Wildman–Crippen MR) is 76.7 cm³/mol. The van der Waals surface area contributed by atoms with E-state index in [1.807, 2.05) is 0 Å². The van der Waals surface area contributed by atoms with E-state index in [1.54, 1.807) is 6.92 Å². The fourth-order valence-electron chi connectivity index (χ4n) is 4.09. The van der Waals surface area contributed by atoms with Gasteiger partial charge in [-0.15, -0.1) is 0 Å².